The number of benzene rings is 2. The van der Waals surface area contributed by atoms with Crippen LogP contribution in [0.25, 0.3) is 0 Å². The van der Waals surface area contributed by atoms with Crippen LogP contribution in [-0.2, 0) is 15.1 Å². The molecular formula is C22H19ClN4O3. The first-order valence-electron chi connectivity index (χ1n) is 10.1. The molecule has 4 atom stereocenters. The Bertz CT molecular complexity index is 1120. The number of nitrogens with one attached hydrogen (secondary N) is 3. The van der Waals surface area contributed by atoms with E-state index in [0.717, 1.165) is 18.4 Å². The summed E-state index contributed by atoms with van der Waals surface area (Å²) < 4.78 is 0. The number of hydrogen-bond donors (Lipinski definition) is 3. The fraction of sp³-hybridized carbons (Fsp3) is 0.318. The fourth-order valence-corrected chi connectivity index (χ4v) is 6.48. The van der Waals surface area contributed by atoms with Gasteiger partial charge in [-0.05, 0) is 43.1 Å². The molecule has 2 aromatic carbocycles. The number of rotatable bonds is 1. The average molecular weight is 423 g/mol. The van der Waals surface area contributed by atoms with Crippen molar-refractivity contribution in [3.05, 3.63) is 64.7 Å². The van der Waals surface area contributed by atoms with E-state index >= 15 is 0 Å². The summed E-state index contributed by atoms with van der Waals surface area (Å²) in [7, 11) is 0. The molecule has 3 N–H and O–H groups in total. The molecule has 0 radical (unpaired) electrons. The fourth-order valence-electron chi connectivity index (χ4n) is 6.31. The molecule has 0 aliphatic carbocycles. The third-order valence-corrected chi connectivity index (χ3v) is 7.39. The van der Waals surface area contributed by atoms with Gasteiger partial charge in [-0.15, -0.1) is 0 Å². The smallest absolute Gasteiger partial charge is 0.322 e. The van der Waals surface area contributed by atoms with Crippen LogP contribution in [0.15, 0.2) is 48.5 Å². The lowest BCUT2D eigenvalue weighted by Crippen LogP contribution is -2.68. The average Bonchev–Trinajstić information content (AvgIpc) is 3.43. The maximum absolute atomic E-state index is 13.8. The predicted molar refractivity (Wildman–Crippen MR) is 110 cm³/mol. The Morgan fingerprint density at radius 2 is 1.80 bits per heavy atom. The van der Waals surface area contributed by atoms with Crippen LogP contribution in [0.2, 0.25) is 5.02 Å². The van der Waals surface area contributed by atoms with E-state index in [1.54, 1.807) is 18.2 Å². The van der Waals surface area contributed by atoms with E-state index in [1.807, 2.05) is 30.3 Å². The molecule has 30 heavy (non-hydrogen) atoms. The van der Waals surface area contributed by atoms with Gasteiger partial charge in [0.15, 0.2) is 11.1 Å². The van der Waals surface area contributed by atoms with Gasteiger partial charge in [-0.3, -0.25) is 19.8 Å². The number of nitrogens with zero attached hydrogens (tertiary/aromatic N) is 1. The van der Waals surface area contributed by atoms with Crippen molar-refractivity contribution in [3.63, 3.8) is 0 Å². The Labute approximate surface area is 177 Å². The number of carbonyl (C=O) groups is 3. The second-order valence-corrected chi connectivity index (χ2v) is 8.80. The molecular weight excluding hydrogens is 404 g/mol. The number of urea groups is 1. The zero-order chi connectivity index (χ0) is 20.7. The molecule has 2 aromatic rings. The molecule has 1 unspecified atom stereocenters. The van der Waals surface area contributed by atoms with Crippen LogP contribution >= 0.6 is 11.6 Å². The van der Waals surface area contributed by atoms with E-state index in [0.29, 0.717) is 22.8 Å². The van der Waals surface area contributed by atoms with Crippen molar-refractivity contribution in [1.29, 1.82) is 0 Å². The molecule has 0 aromatic heterocycles. The Morgan fingerprint density at radius 1 is 1.00 bits per heavy atom. The Balaban J connectivity index is 1.71. The number of halogens is 1. The summed E-state index contributed by atoms with van der Waals surface area (Å²) in [5.74, 6) is -1.16. The normalized spacial score (nSPS) is 34.2. The Kier molecular flexibility index (Phi) is 3.48. The molecule has 3 saturated heterocycles. The second kappa shape index (κ2) is 5.83. The van der Waals surface area contributed by atoms with Crippen molar-refractivity contribution in [1.82, 2.24) is 15.5 Å². The quantitative estimate of drug-likeness (QED) is 0.615. The van der Waals surface area contributed by atoms with Gasteiger partial charge < -0.3 is 10.6 Å². The van der Waals surface area contributed by atoms with Crippen LogP contribution in [-0.4, -0.2) is 40.9 Å². The minimum Gasteiger partial charge on any atom is -0.324 e. The van der Waals surface area contributed by atoms with Crippen molar-refractivity contribution in [2.45, 2.75) is 35.9 Å². The summed E-state index contributed by atoms with van der Waals surface area (Å²) in [6.45, 7) is 0.651. The molecule has 4 amide bonds. The van der Waals surface area contributed by atoms with Gasteiger partial charge in [0, 0.05) is 28.2 Å². The van der Waals surface area contributed by atoms with Crippen LogP contribution in [0.4, 0.5) is 10.5 Å². The maximum atomic E-state index is 13.8. The first-order chi connectivity index (χ1) is 14.5. The van der Waals surface area contributed by atoms with E-state index in [-0.39, 0.29) is 17.9 Å². The first kappa shape index (κ1) is 17.9. The highest BCUT2D eigenvalue weighted by molar-refractivity contribution is 6.31. The lowest BCUT2D eigenvalue weighted by molar-refractivity contribution is -0.138. The van der Waals surface area contributed by atoms with Gasteiger partial charge in [-0.25, -0.2) is 4.79 Å². The van der Waals surface area contributed by atoms with Crippen LogP contribution in [0.3, 0.4) is 0 Å². The molecule has 2 spiro atoms. The molecule has 0 bridgehead atoms. The topological polar surface area (TPSA) is 90.5 Å². The summed E-state index contributed by atoms with van der Waals surface area (Å²) in [6, 6.07) is 14.2. The highest BCUT2D eigenvalue weighted by Crippen LogP contribution is 2.63. The third-order valence-electron chi connectivity index (χ3n) is 7.15. The van der Waals surface area contributed by atoms with Crippen molar-refractivity contribution in [3.8, 4) is 0 Å². The third kappa shape index (κ3) is 1.88. The molecule has 8 heteroatoms. The number of amides is 4. The number of fused-ring (bicyclic) bond motifs is 5. The summed E-state index contributed by atoms with van der Waals surface area (Å²) in [5, 5.41) is 8.80. The monoisotopic (exact) mass is 422 g/mol. The van der Waals surface area contributed by atoms with Crippen LogP contribution in [0.1, 0.15) is 29.9 Å². The van der Waals surface area contributed by atoms with Crippen molar-refractivity contribution < 1.29 is 14.4 Å². The SMILES string of the molecule is O=C1NC(=O)[C@@]2(N1)C(c1ccccc1)[C@H]1CCCN1[C@]21C(=O)Nc2ccc(Cl)cc21. The largest absolute Gasteiger partial charge is 0.324 e. The van der Waals surface area contributed by atoms with Crippen LogP contribution in [0.5, 0.6) is 0 Å². The van der Waals surface area contributed by atoms with E-state index in [2.05, 4.69) is 20.9 Å². The number of hydrogen-bond acceptors (Lipinski definition) is 4. The number of anilines is 1. The molecule has 6 rings (SSSR count). The van der Waals surface area contributed by atoms with E-state index in [4.69, 9.17) is 11.6 Å². The zero-order valence-corrected chi connectivity index (χ0v) is 16.7. The van der Waals surface area contributed by atoms with Crippen LogP contribution in [0, 0.1) is 0 Å². The molecule has 7 nitrogen and oxygen atoms in total. The van der Waals surface area contributed by atoms with Gasteiger partial charge in [0.2, 0.25) is 0 Å². The lowest BCUT2D eigenvalue weighted by Gasteiger charge is -2.42. The van der Waals surface area contributed by atoms with Crippen LogP contribution < -0.4 is 16.0 Å². The summed E-state index contributed by atoms with van der Waals surface area (Å²) in [6.07, 6.45) is 1.74. The standard InChI is InChI=1S/C22H19ClN4O3/c23-13-8-9-15-14(11-13)22(19(29)24-15)21(18(28)25-20(30)26-21)17(12-5-2-1-3-6-12)16-7-4-10-27(16)22/h1-3,5-6,8-9,11,16-17H,4,7,10H2,(H,24,29)(H2,25,26,28,30)/t16-,17?,21+,22-/m1/s1. The van der Waals surface area contributed by atoms with E-state index < -0.39 is 23.0 Å². The minimum absolute atomic E-state index is 0.0766. The van der Waals surface area contributed by atoms with Gasteiger partial charge in [0.25, 0.3) is 11.8 Å². The number of carbonyl (C=O) groups excluding carboxylic acids is 3. The minimum atomic E-state index is -1.48. The highest BCUT2D eigenvalue weighted by Gasteiger charge is 2.80. The second-order valence-electron chi connectivity index (χ2n) is 8.36. The lowest BCUT2D eigenvalue weighted by atomic mass is 9.65. The summed E-state index contributed by atoms with van der Waals surface area (Å²) in [5.41, 5.74) is -0.659. The molecule has 4 heterocycles. The van der Waals surface area contributed by atoms with Gasteiger partial charge in [0.1, 0.15) is 0 Å². The maximum Gasteiger partial charge on any atom is 0.322 e. The molecule has 0 saturated carbocycles. The van der Waals surface area contributed by atoms with Crippen molar-refractivity contribution >= 4 is 35.1 Å². The molecule has 152 valence electrons. The molecule has 4 aliphatic heterocycles. The first-order valence-corrected chi connectivity index (χ1v) is 10.4. The Morgan fingerprint density at radius 3 is 2.53 bits per heavy atom. The summed E-state index contributed by atoms with van der Waals surface area (Å²) >= 11 is 6.34. The zero-order valence-electron chi connectivity index (χ0n) is 15.9. The van der Waals surface area contributed by atoms with Gasteiger partial charge in [-0.1, -0.05) is 41.9 Å². The Hall–Kier alpha value is -2.90. The predicted octanol–water partition coefficient (Wildman–Crippen LogP) is 2.33. The summed E-state index contributed by atoms with van der Waals surface area (Å²) in [4.78, 5) is 42.0. The van der Waals surface area contributed by atoms with E-state index in [9.17, 15) is 14.4 Å². The van der Waals surface area contributed by atoms with Crippen molar-refractivity contribution in [2.24, 2.45) is 0 Å². The van der Waals surface area contributed by atoms with Gasteiger partial charge in [-0.2, -0.15) is 0 Å². The number of imide groups is 1. The highest BCUT2D eigenvalue weighted by atomic mass is 35.5. The van der Waals surface area contributed by atoms with Gasteiger partial charge >= 0.3 is 6.03 Å². The van der Waals surface area contributed by atoms with E-state index in [1.165, 1.54) is 0 Å². The van der Waals surface area contributed by atoms with Crippen molar-refractivity contribution in [2.75, 3.05) is 11.9 Å². The van der Waals surface area contributed by atoms with Gasteiger partial charge in [0.05, 0.1) is 0 Å². The molecule has 4 aliphatic rings. The molecule has 3 fully saturated rings.